The third kappa shape index (κ3) is 3.62. The number of aryl methyl sites for hydroxylation is 2. The number of aromatic nitrogens is 1. The smallest absolute Gasteiger partial charge is 0.109 e. The molecule has 0 aliphatic carbocycles. The molecule has 1 aromatic heterocycles. The summed E-state index contributed by atoms with van der Waals surface area (Å²) in [7, 11) is 0. The number of nitriles is 1. The Morgan fingerprint density at radius 2 is 1.92 bits per heavy atom. The largest absolute Gasteiger partial charge is 0.370 e. The Balaban J connectivity index is 1.66. The van der Waals surface area contributed by atoms with E-state index in [1.165, 1.54) is 16.8 Å². The number of piperidine rings is 1. The maximum atomic E-state index is 9.29. The zero-order valence-corrected chi connectivity index (χ0v) is 15.8. The van der Waals surface area contributed by atoms with Crippen LogP contribution in [0.1, 0.15) is 35.2 Å². The fraction of sp³-hybridized carbons (Fsp3) is 0.400. The first-order valence-electron chi connectivity index (χ1n) is 8.45. The van der Waals surface area contributed by atoms with Crippen LogP contribution in [0.2, 0.25) is 0 Å². The summed E-state index contributed by atoms with van der Waals surface area (Å²) >= 11 is 3.55. The summed E-state index contributed by atoms with van der Waals surface area (Å²) in [6.07, 6.45) is 3.33. The van der Waals surface area contributed by atoms with Gasteiger partial charge in [-0.25, -0.2) is 4.98 Å². The molecule has 2 aromatic rings. The molecule has 1 saturated heterocycles. The van der Waals surface area contributed by atoms with Crippen molar-refractivity contribution in [2.75, 3.05) is 18.0 Å². The lowest BCUT2D eigenvalue weighted by molar-refractivity contribution is 0.399. The van der Waals surface area contributed by atoms with Crippen molar-refractivity contribution < 1.29 is 0 Å². The third-order valence-corrected chi connectivity index (χ3v) is 5.71. The first-order chi connectivity index (χ1) is 11.6. The Morgan fingerprint density at radius 3 is 2.62 bits per heavy atom. The molecule has 0 saturated carbocycles. The van der Waals surface area contributed by atoms with E-state index in [0.717, 1.165) is 48.2 Å². The number of halogens is 1. The summed E-state index contributed by atoms with van der Waals surface area (Å²) in [6, 6.07) is 12.4. The lowest BCUT2D eigenvalue weighted by atomic mass is 9.90. The minimum absolute atomic E-state index is 0.663. The number of hydrogen-bond acceptors (Lipinski definition) is 3. The minimum atomic E-state index is 0.663. The van der Waals surface area contributed by atoms with E-state index < -0.39 is 0 Å². The predicted octanol–water partition coefficient (Wildman–Crippen LogP) is 4.79. The fourth-order valence-electron chi connectivity index (χ4n) is 3.46. The van der Waals surface area contributed by atoms with Gasteiger partial charge < -0.3 is 4.90 Å². The molecule has 0 N–H and O–H groups in total. The number of nitrogens with zero attached hydrogens (tertiary/aromatic N) is 3. The number of benzene rings is 1. The van der Waals surface area contributed by atoms with E-state index in [-0.39, 0.29) is 0 Å². The Morgan fingerprint density at radius 1 is 1.21 bits per heavy atom. The molecule has 24 heavy (non-hydrogen) atoms. The Hall–Kier alpha value is -1.86. The van der Waals surface area contributed by atoms with Gasteiger partial charge in [-0.3, -0.25) is 0 Å². The maximum absolute atomic E-state index is 9.29. The molecule has 1 aromatic carbocycles. The van der Waals surface area contributed by atoms with Gasteiger partial charge in [0.25, 0.3) is 0 Å². The summed E-state index contributed by atoms with van der Waals surface area (Å²) in [5.74, 6) is 0.663. The standard InChI is InChI=1S/C20H22BrN3/c1-14-11-15(2)20(21)23-18(14)12-16-7-9-24(10-8-16)19-6-4-3-5-17(19)13-22/h3-6,11,16H,7-10,12H2,1-2H3. The van der Waals surface area contributed by atoms with Crippen LogP contribution in [0.3, 0.4) is 0 Å². The number of para-hydroxylation sites is 1. The molecule has 3 nitrogen and oxygen atoms in total. The highest BCUT2D eigenvalue weighted by molar-refractivity contribution is 9.10. The van der Waals surface area contributed by atoms with Gasteiger partial charge in [0.1, 0.15) is 10.7 Å². The van der Waals surface area contributed by atoms with Gasteiger partial charge in [-0.2, -0.15) is 5.26 Å². The molecule has 2 heterocycles. The molecule has 0 amide bonds. The number of hydrogen-bond donors (Lipinski definition) is 0. The summed E-state index contributed by atoms with van der Waals surface area (Å²) in [6.45, 7) is 6.25. The Bertz CT molecular complexity index is 771. The Kier molecular flexibility index (Phi) is 5.20. The van der Waals surface area contributed by atoms with Gasteiger partial charge in [0.2, 0.25) is 0 Å². The summed E-state index contributed by atoms with van der Waals surface area (Å²) in [4.78, 5) is 7.08. The van der Waals surface area contributed by atoms with Crippen LogP contribution < -0.4 is 4.90 Å². The highest BCUT2D eigenvalue weighted by Gasteiger charge is 2.22. The molecule has 0 bridgehead atoms. The van der Waals surface area contributed by atoms with Gasteiger partial charge in [-0.05, 0) is 78.2 Å². The molecular weight excluding hydrogens is 362 g/mol. The number of anilines is 1. The van der Waals surface area contributed by atoms with Crippen LogP contribution in [-0.4, -0.2) is 18.1 Å². The van der Waals surface area contributed by atoms with E-state index >= 15 is 0 Å². The summed E-state index contributed by atoms with van der Waals surface area (Å²) in [5, 5.41) is 9.29. The molecule has 0 spiro atoms. The number of rotatable bonds is 3. The van der Waals surface area contributed by atoms with Crippen LogP contribution in [0, 0.1) is 31.1 Å². The van der Waals surface area contributed by atoms with Gasteiger partial charge in [0, 0.05) is 18.8 Å². The molecule has 124 valence electrons. The predicted molar refractivity (Wildman–Crippen MR) is 101 cm³/mol. The zero-order chi connectivity index (χ0) is 17.1. The van der Waals surface area contributed by atoms with Crippen LogP contribution in [0.15, 0.2) is 34.9 Å². The second-order valence-electron chi connectivity index (χ2n) is 6.62. The van der Waals surface area contributed by atoms with Crippen molar-refractivity contribution in [1.29, 1.82) is 5.26 Å². The van der Waals surface area contributed by atoms with Crippen LogP contribution in [-0.2, 0) is 6.42 Å². The van der Waals surface area contributed by atoms with Crippen LogP contribution in [0.5, 0.6) is 0 Å². The van der Waals surface area contributed by atoms with Crippen LogP contribution >= 0.6 is 15.9 Å². The van der Waals surface area contributed by atoms with E-state index in [0.29, 0.717) is 5.92 Å². The summed E-state index contributed by atoms with van der Waals surface area (Å²) < 4.78 is 0.962. The maximum Gasteiger partial charge on any atom is 0.109 e. The highest BCUT2D eigenvalue weighted by atomic mass is 79.9. The lowest BCUT2D eigenvalue weighted by Crippen LogP contribution is -2.34. The van der Waals surface area contributed by atoms with Gasteiger partial charge in [0.15, 0.2) is 0 Å². The van der Waals surface area contributed by atoms with Crippen molar-refractivity contribution in [2.45, 2.75) is 33.1 Å². The molecule has 1 fully saturated rings. The van der Waals surface area contributed by atoms with Crippen molar-refractivity contribution >= 4 is 21.6 Å². The monoisotopic (exact) mass is 383 g/mol. The van der Waals surface area contributed by atoms with E-state index in [9.17, 15) is 5.26 Å². The first kappa shape index (κ1) is 17.0. The molecular formula is C20H22BrN3. The molecule has 0 unspecified atom stereocenters. The SMILES string of the molecule is Cc1cc(C)c(CC2CCN(c3ccccc3C#N)CC2)nc1Br. The molecule has 1 aliphatic rings. The van der Waals surface area contributed by atoms with Crippen LogP contribution in [0.4, 0.5) is 5.69 Å². The van der Waals surface area contributed by atoms with Gasteiger partial charge >= 0.3 is 0 Å². The average Bonchev–Trinajstić information content (AvgIpc) is 2.60. The van der Waals surface area contributed by atoms with E-state index in [4.69, 9.17) is 4.98 Å². The van der Waals surface area contributed by atoms with E-state index in [2.05, 4.69) is 52.9 Å². The first-order valence-corrected chi connectivity index (χ1v) is 9.24. The van der Waals surface area contributed by atoms with Crippen molar-refractivity contribution in [1.82, 2.24) is 4.98 Å². The topological polar surface area (TPSA) is 39.9 Å². The molecule has 4 heteroatoms. The van der Waals surface area contributed by atoms with Crippen molar-refractivity contribution in [3.05, 3.63) is 57.3 Å². The fourth-order valence-corrected chi connectivity index (χ4v) is 3.79. The van der Waals surface area contributed by atoms with Crippen molar-refractivity contribution in [2.24, 2.45) is 5.92 Å². The highest BCUT2D eigenvalue weighted by Crippen LogP contribution is 2.28. The van der Waals surface area contributed by atoms with Crippen molar-refractivity contribution in [3.8, 4) is 6.07 Å². The third-order valence-electron chi connectivity index (χ3n) is 4.91. The Labute approximate surface area is 152 Å². The molecule has 3 rings (SSSR count). The van der Waals surface area contributed by atoms with E-state index in [1.807, 2.05) is 18.2 Å². The normalized spacial score (nSPS) is 15.3. The molecule has 0 radical (unpaired) electrons. The van der Waals surface area contributed by atoms with Gasteiger partial charge in [-0.15, -0.1) is 0 Å². The average molecular weight is 384 g/mol. The molecule has 0 atom stereocenters. The van der Waals surface area contributed by atoms with Gasteiger partial charge in [0.05, 0.1) is 11.3 Å². The molecule has 1 aliphatic heterocycles. The quantitative estimate of drug-likeness (QED) is 0.715. The van der Waals surface area contributed by atoms with Gasteiger partial charge in [-0.1, -0.05) is 18.2 Å². The second-order valence-corrected chi connectivity index (χ2v) is 7.37. The lowest BCUT2D eigenvalue weighted by Gasteiger charge is -2.34. The van der Waals surface area contributed by atoms with Crippen molar-refractivity contribution in [3.63, 3.8) is 0 Å². The number of pyridine rings is 1. The summed E-state index contributed by atoms with van der Waals surface area (Å²) in [5.41, 5.74) is 5.54. The second kappa shape index (κ2) is 7.36. The van der Waals surface area contributed by atoms with E-state index in [1.54, 1.807) is 0 Å². The van der Waals surface area contributed by atoms with Crippen LogP contribution in [0.25, 0.3) is 0 Å². The minimum Gasteiger partial charge on any atom is -0.370 e. The zero-order valence-electron chi connectivity index (χ0n) is 14.2.